The maximum atomic E-state index is 11.4. The van der Waals surface area contributed by atoms with Crippen LogP contribution in [0.1, 0.15) is 20.3 Å². The third-order valence-electron chi connectivity index (χ3n) is 1.75. The zero-order chi connectivity index (χ0) is 9.68. The van der Waals surface area contributed by atoms with Crippen molar-refractivity contribution in [1.82, 2.24) is 0 Å². The van der Waals surface area contributed by atoms with Gasteiger partial charge in [-0.1, -0.05) is 13.8 Å². The lowest BCUT2D eigenvalue weighted by molar-refractivity contribution is -0.141. The second-order valence-electron chi connectivity index (χ2n) is 3.42. The van der Waals surface area contributed by atoms with Crippen molar-refractivity contribution < 1.29 is 9.53 Å². The molecule has 4 heteroatoms. The van der Waals surface area contributed by atoms with Crippen LogP contribution in [-0.4, -0.2) is 28.7 Å². The van der Waals surface area contributed by atoms with Gasteiger partial charge in [0.1, 0.15) is 4.58 Å². The summed E-state index contributed by atoms with van der Waals surface area (Å²) in [5.41, 5.74) is 0. The van der Waals surface area contributed by atoms with E-state index in [-0.39, 0.29) is 10.6 Å². The van der Waals surface area contributed by atoms with Gasteiger partial charge in [-0.15, -0.1) is 23.5 Å². The largest absolute Gasteiger partial charge is 0.464 e. The van der Waals surface area contributed by atoms with E-state index in [1.807, 2.05) is 0 Å². The Bertz CT molecular complexity index is 165. The number of ether oxygens (including phenoxy) is 1. The number of esters is 1. The Hall–Kier alpha value is 0.170. The smallest absolute Gasteiger partial charge is 0.329 e. The van der Waals surface area contributed by atoms with Crippen molar-refractivity contribution in [2.75, 3.05) is 18.1 Å². The van der Waals surface area contributed by atoms with Crippen LogP contribution in [0.4, 0.5) is 0 Å². The van der Waals surface area contributed by atoms with Crippen molar-refractivity contribution in [2.24, 2.45) is 5.92 Å². The number of carbonyl (C=O) groups is 1. The average Bonchev–Trinajstić information content (AvgIpc) is 2.55. The maximum Gasteiger partial charge on any atom is 0.329 e. The zero-order valence-electron chi connectivity index (χ0n) is 8.12. The molecule has 0 bridgehead atoms. The van der Waals surface area contributed by atoms with Gasteiger partial charge in [-0.05, 0) is 12.3 Å². The summed E-state index contributed by atoms with van der Waals surface area (Å²) < 4.78 is 5.20. The Morgan fingerprint density at radius 3 is 2.62 bits per heavy atom. The predicted octanol–water partition coefficient (Wildman–Crippen LogP) is 2.38. The van der Waals surface area contributed by atoms with Gasteiger partial charge in [-0.3, -0.25) is 0 Å². The van der Waals surface area contributed by atoms with Gasteiger partial charge < -0.3 is 4.74 Å². The zero-order valence-corrected chi connectivity index (χ0v) is 9.75. The monoisotopic (exact) mass is 220 g/mol. The van der Waals surface area contributed by atoms with Gasteiger partial charge in [0.2, 0.25) is 0 Å². The molecule has 0 unspecified atom stereocenters. The molecular formula is C9H16O2S2. The van der Waals surface area contributed by atoms with Crippen LogP contribution >= 0.6 is 23.5 Å². The van der Waals surface area contributed by atoms with E-state index >= 15 is 0 Å². The van der Waals surface area contributed by atoms with Gasteiger partial charge in [0.25, 0.3) is 0 Å². The van der Waals surface area contributed by atoms with E-state index < -0.39 is 0 Å². The van der Waals surface area contributed by atoms with Crippen LogP contribution in [0.3, 0.4) is 0 Å². The van der Waals surface area contributed by atoms with E-state index in [0.29, 0.717) is 12.5 Å². The highest BCUT2D eigenvalue weighted by atomic mass is 32.2. The molecule has 0 N–H and O–H groups in total. The lowest BCUT2D eigenvalue weighted by Gasteiger charge is -2.09. The van der Waals surface area contributed by atoms with Crippen molar-refractivity contribution in [2.45, 2.75) is 24.9 Å². The summed E-state index contributed by atoms with van der Waals surface area (Å²) >= 11 is 3.40. The Kier molecular flexibility index (Phi) is 5.02. The number of rotatable bonds is 4. The third kappa shape index (κ3) is 4.27. The van der Waals surface area contributed by atoms with Gasteiger partial charge in [0.05, 0.1) is 6.61 Å². The molecule has 2 nitrogen and oxygen atoms in total. The van der Waals surface area contributed by atoms with Crippen LogP contribution < -0.4 is 0 Å². The second kappa shape index (κ2) is 5.81. The molecule has 0 aromatic heterocycles. The lowest BCUT2D eigenvalue weighted by Crippen LogP contribution is -2.16. The number of hydrogen-bond acceptors (Lipinski definition) is 4. The van der Waals surface area contributed by atoms with Gasteiger partial charge in [0.15, 0.2) is 0 Å². The molecule has 0 aromatic rings. The highest BCUT2D eigenvalue weighted by Crippen LogP contribution is 2.32. The Balaban J connectivity index is 2.10. The molecule has 0 atom stereocenters. The van der Waals surface area contributed by atoms with Crippen molar-refractivity contribution in [3.63, 3.8) is 0 Å². The van der Waals surface area contributed by atoms with E-state index in [1.54, 1.807) is 23.5 Å². The standard InChI is InChI=1S/C9H16O2S2/c1-7(2)3-4-11-8(10)9-12-5-6-13-9/h7,9H,3-6H2,1-2H3. The van der Waals surface area contributed by atoms with E-state index in [0.717, 1.165) is 17.9 Å². The Morgan fingerprint density at radius 2 is 2.08 bits per heavy atom. The highest BCUT2D eigenvalue weighted by molar-refractivity contribution is 8.21. The molecule has 1 heterocycles. The molecule has 1 rings (SSSR count). The van der Waals surface area contributed by atoms with Crippen LogP contribution in [-0.2, 0) is 9.53 Å². The Labute approximate surface area is 88.2 Å². The quantitative estimate of drug-likeness (QED) is 0.680. The summed E-state index contributed by atoms with van der Waals surface area (Å²) in [5.74, 6) is 2.73. The molecule has 1 fully saturated rings. The van der Waals surface area contributed by atoms with E-state index in [1.165, 1.54) is 0 Å². The van der Waals surface area contributed by atoms with Crippen LogP contribution in [0.5, 0.6) is 0 Å². The number of hydrogen-bond donors (Lipinski definition) is 0. The van der Waals surface area contributed by atoms with Crippen LogP contribution in [0.15, 0.2) is 0 Å². The van der Waals surface area contributed by atoms with Crippen molar-refractivity contribution in [3.05, 3.63) is 0 Å². The first-order chi connectivity index (χ1) is 6.20. The highest BCUT2D eigenvalue weighted by Gasteiger charge is 2.25. The maximum absolute atomic E-state index is 11.4. The van der Waals surface area contributed by atoms with Gasteiger partial charge >= 0.3 is 5.97 Å². The third-order valence-corrected chi connectivity index (χ3v) is 4.70. The topological polar surface area (TPSA) is 26.3 Å². The van der Waals surface area contributed by atoms with E-state index in [4.69, 9.17) is 4.74 Å². The Morgan fingerprint density at radius 1 is 1.46 bits per heavy atom. The van der Waals surface area contributed by atoms with Crippen molar-refractivity contribution in [1.29, 1.82) is 0 Å². The summed E-state index contributed by atoms with van der Waals surface area (Å²) in [4.78, 5) is 11.4. The summed E-state index contributed by atoms with van der Waals surface area (Å²) in [5, 5.41) is 0. The van der Waals surface area contributed by atoms with Gasteiger partial charge in [-0.25, -0.2) is 4.79 Å². The summed E-state index contributed by atoms with van der Waals surface area (Å²) in [6, 6.07) is 0. The molecule has 0 amide bonds. The summed E-state index contributed by atoms with van der Waals surface area (Å²) in [6.45, 7) is 4.84. The fraction of sp³-hybridized carbons (Fsp3) is 0.889. The fourth-order valence-corrected chi connectivity index (χ4v) is 3.53. The van der Waals surface area contributed by atoms with Crippen molar-refractivity contribution >= 4 is 29.5 Å². The molecule has 0 saturated carbocycles. The fourth-order valence-electron chi connectivity index (χ4n) is 0.958. The lowest BCUT2D eigenvalue weighted by atomic mass is 10.1. The normalized spacial score (nSPS) is 18.1. The first kappa shape index (κ1) is 11.2. The minimum Gasteiger partial charge on any atom is -0.464 e. The average molecular weight is 220 g/mol. The molecule has 1 saturated heterocycles. The first-order valence-electron chi connectivity index (χ1n) is 4.60. The summed E-state index contributed by atoms with van der Waals surface area (Å²) in [6.07, 6.45) is 0.966. The predicted molar refractivity (Wildman–Crippen MR) is 59.1 cm³/mol. The van der Waals surface area contributed by atoms with Crippen LogP contribution in [0, 0.1) is 5.92 Å². The van der Waals surface area contributed by atoms with Crippen LogP contribution in [0.2, 0.25) is 0 Å². The SMILES string of the molecule is CC(C)CCOC(=O)C1SCCS1. The molecule has 13 heavy (non-hydrogen) atoms. The second-order valence-corrected chi connectivity index (χ2v) is 6.15. The number of carbonyl (C=O) groups excluding carboxylic acids is 1. The minimum absolute atomic E-state index is 0.0341. The van der Waals surface area contributed by atoms with Gasteiger partial charge in [-0.2, -0.15) is 0 Å². The van der Waals surface area contributed by atoms with E-state index in [2.05, 4.69) is 13.8 Å². The molecule has 0 aromatic carbocycles. The molecule has 0 aliphatic carbocycles. The molecule has 76 valence electrons. The van der Waals surface area contributed by atoms with Gasteiger partial charge in [0, 0.05) is 11.5 Å². The van der Waals surface area contributed by atoms with Crippen LogP contribution in [0.25, 0.3) is 0 Å². The van der Waals surface area contributed by atoms with E-state index in [9.17, 15) is 4.79 Å². The molecule has 1 aliphatic rings. The molecule has 0 radical (unpaired) electrons. The summed E-state index contributed by atoms with van der Waals surface area (Å²) in [7, 11) is 0. The molecule has 1 aliphatic heterocycles. The first-order valence-corrected chi connectivity index (χ1v) is 6.69. The van der Waals surface area contributed by atoms with Crippen molar-refractivity contribution in [3.8, 4) is 0 Å². The minimum atomic E-state index is -0.0341. The molecular weight excluding hydrogens is 204 g/mol. The number of thioether (sulfide) groups is 2. The molecule has 0 spiro atoms.